The van der Waals surface area contributed by atoms with Gasteiger partial charge in [0.05, 0.1) is 12.7 Å². The van der Waals surface area contributed by atoms with Gasteiger partial charge in [-0.2, -0.15) is 0 Å². The van der Waals surface area contributed by atoms with E-state index in [1.807, 2.05) is 6.92 Å². The molecule has 2 rings (SSSR count). The molecule has 1 saturated heterocycles. The average Bonchev–Trinajstić information content (AvgIpc) is 2.59. The summed E-state index contributed by atoms with van der Waals surface area (Å²) in [5.74, 6) is -1.18. The van der Waals surface area contributed by atoms with Gasteiger partial charge >= 0.3 is 0 Å². The molecule has 0 radical (unpaired) electrons. The average molecular weight is 228 g/mol. The standard InChI is InChI=1S/C12H14F2O2/c1-8-12(15-2,3-4-16-8)9-5-10(13)7-11(14)6-9/h5-8H,3-4H2,1-2H3. The molecular formula is C12H14F2O2. The highest BCUT2D eigenvalue weighted by Crippen LogP contribution is 2.39. The SMILES string of the molecule is COC1(c2cc(F)cc(F)c2)CCOC1C. The van der Waals surface area contributed by atoms with Gasteiger partial charge in [0.15, 0.2) is 0 Å². The maximum Gasteiger partial charge on any atom is 0.126 e. The highest BCUT2D eigenvalue weighted by molar-refractivity contribution is 5.27. The molecule has 2 nitrogen and oxygen atoms in total. The fourth-order valence-corrected chi connectivity index (χ4v) is 2.29. The summed E-state index contributed by atoms with van der Waals surface area (Å²) in [7, 11) is 1.54. The summed E-state index contributed by atoms with van der Waals surface area (Å²) >= 11 is 0. The molecule has 0 bridgehead atoms. The van der Waals surface area contributed by atoms with E-state index in [1.54, 1.807) is 0 Å². The minimum atomic E-state index is -0.733. The van der Waals surface area contributed by atoms with Crippen LogP contribution in [0.25, 0.3) is 0 Å². The van der Waals surface area contributed by atoms with E-state index in [4.69, 9.17) is 9.47 Å². The van der Waals surface area contributed by atoms with E-state index in [9.17, 15) is 8.78 Å². The van der Waals surface area contributed by atoms with Crippen molar-refractivity contribution in [3.8, 4) is 0 Å². The van der Waals surface area contributed by atoms with Gasteiger partial charge in [-0.1, -0.05) is 0 Å². The molecule has 1 fully saturated rings. The number of rotatable bonds is 2. The van der Waals surface area contributed by atoms with Gasteiger partial charge in [-0.25, -0.2) is 8.78 Å². The van der Waals surface area contributed by atoms with Crippen LogP contribution in [0.15, 0.2) is 18.2 Å². The van der Waals surface area contributed by atoms with Crippen LogP contribution in [-0.2, 0) is 15.1 Å². The molecule has 0 aromatic heterocycles. The zero-order chi connectivity index (χ0) is 11.8. The Hall–Kier alpha value is -1.00. The van der Waals surface area contributed by atoms with Crippen molar-refractivity contribution in [3.05, 3.63) is 35.4 Å². The topological polar surface area (TPSA) is 18.5 Å². The normalized spacial score (nSPS) is 29.6. The Morgan fingerprint density at radius 2 is 1.94 bits per heavy atom. The first-order valence-electron chi connectivity index (χ1n) is 5.22. The third-order valence-electron chi connectivity index (χ3n) is 3.21. The van der Waals surface area contributed by atoms with Crippen LogP contribution in [0.4, 0.5) is 8.78 Å². The molecule has 16 heavy (non-hydrogen) atoms. The Balaban J connectivity index is 2.47. The molecule has 2 atom stereocenters. The van der Waals surface area contributed by atoms with Crippen molar-refractivity contribution in [2.75, 3.05) is 13.7 Å². The summed E-state index contributed by atoms with van der Waals surface area (Å²) in [6, 6.07) is 3.46. The van der Waals surface area contributed by atoms with Crippen molar-refractivity contribution in [1.82, 2.24) is 0 Å². The largest absolute Gasteiger partial charge is 0.375 e. The molecule has 1 heterocycles. The molecular weight excluding hydrogens is 214 g/mol. The number of hydrogen-bond donors (Lipinski definition) is 0. The summed E-state index contributed by atoms with van der Waals surface area (Å²) in [5.41, 5.74) is -0.236. The second-order valence-electron chi connectivity index (χ2n) is 4.01. The maximum atomic E-state index is 13.2. The van der Waals surface area contributed by atoms with E-state index < -0.39 is 17.2 Å². The van der Waals surface area contributed by atoms with Gasteiger partial charge in [0, 0.05) is 19.6 Å². The summed E-state index contributed by atoms with van der Waals surface area (Å²) < 4.78 is 37.2. The number of benzene rings is 1. The predicted octanol–water partition coefficient (Wildman–Crippen LogP) is 2.62. The Bertz CT molecular complexity index is 374. The van der Waals surface area contributed by atoms with Crippen molar-refractivity contribution in [2.45, 2.75) is 25.0 Å². The minimum Gasteiger partial charge on any atom is -0.375 e. The number of methoxy groups -OCH3 is 1. The van der Waals surface area contributed by atoms with Crippen LogP contribution in [0.5, 0.6) is 0 Å². The monoisotopic (exact) mass is 228 g/mol. The Labute approximate surface area is 93.2 Å². The molecule has 0 amide bonds. The van der Waals surface area contributed by atoms with E-state index in [-0.39, 0.29) is 6.10 Å². The molecule has 0 aliphatic carbocycles. The van der Waals surface area contributed by atoms with Gasteiger partial charge in [0.25, 0.3) is 0 Å². The van der Waals surface area contributed by atoms with E-state index in [0.29, 0.717) is 18.6 Å². The first-order chi connectivity index (χ1) is 7.58. The highest BCUT2D eigenvalue weighted by atomic mass is 19.1. The first kappa shape index (κ1) is 11.5. The molecule has 0 saturated carbocycles. The first-order valence-corrected chi connectivity index (χ1v) is 5.22. The van der Waals surface area contributed by atoms with Crippen LogP contribution in [-0.4, -0.2) is 19.8 Å². The quantitative estimate of drug-likeness (QED) is 0.774. The van der Waals surface area contributed by atoms with Gasteiger partial charge < -0.3 is 9.47 Å². The predicted molar refractivity (Wildman–Crippen MR) is 55.1 cm³/mol. The zero-order valence-electron chi connectivity index (χ0n) is 9.30. The van der Waals surface area contributed by atoms with Crippen LogP contribution >= 0.6 is 0 Å². The van der Waals surface area contributed by atoms with E-state index >= 15 is 0 Å². The fourth-order valence-electron chi connectivity index (χ4n) is 2.29. The van der Waals surface area contributed by atoms with Crippen LogP contribution in [0.2, 0.25) is 0 Å². The number of ether oxygens (including phenoxy) is 2. The molecule has 2 unspecified atom stereocenters. The summed E-state index contributed by atoms with van der Waals surface area (Å²) in [6.45, 7) is 2.38. The van der Waals surface area contributed by atoms with Crippen molar-refractivity contribution in [3.63, 3.8) is 0 Å². The van der Waals surface area contributed by atoms with Gasteiger partial charge in [-0.05, 0) is 24.6 Å². The van der Waals surface area contributed by atoms with Crippen LogP contribution < -0.4 is 0 Å². The molecule has 1 aliphatic heterocycles. The van der Waals surface area contributed by atoms with Crippen molar-refractivity contribution in [2.24, 2.45) is 0 Å². The third kappa shape index (κ3) is 1.72. The van der Waals surface area contributed by atoms with Crippen molar-refractivity contribution in [1.29, 1.82) is 0 Å². The molecule has 1 aliphatic rings. The van der Waals surface area contributed by atoms with Crippen molar-refractivity contribution < 1.29 is 18.3 Å². The summed E-state index contributed by atoms with van der Waals surface area (Å²) in [4.78, 5) is 0. The Kier molecular flexibility index (Phi) is 2.95. The second-order valence-corrected chi connectivity index (χ2v) is 4.01. The molecule has 0 N–H and O–H groups in total. The zero-order valence-corrected chi connectivity index (χ0v) is 9.30. The molecule has 4 heteroatoms. The van der Waals surface area contributed by atoms with E-state index in [0.717, 1.165) is 6.07 Å². The lowest BCUT2D eigenvalue weighted by Gasteiger charge is -2.31. The Morgan fingerprint density at radius 3 is 2.38 bits per heavy atom. The van der Waals surface area contributed by atoms with E-state index in [1.165, 1.54) is 19.2 Å². The Morgan fingerprint density at radius 1 is 1.31 bits per heavy atom. The fraction of sp³-hybridized carbons (Fsp3) is 0.500. The van der Waals surface area contributed by atoms with Gasteiger partial charge in [-0.15, -0.1) is 0 Å². The van der Waals surface area contributed by atoms with Crippen LogP contribution in [0.3, 0.4) is 0 Å². The third-order valence-corrected chi connectivity index (χ3v) is 3.21. The smallest absolute Gasteiger partial charge is 0.126 e. The van der Waals surface area contributed by atoms with Gasteiger partial charge in [-0.3, -0.25) is 0 Å². The summed E-state index contributed by atoms with van der Waals surface area (Å²) in [5, 5.41) is 0. The second kappa shape index (κ2) is 4.11. The summed E-state index contributed by atoms with van der Waals surface area (Å²) in [6.07, 6.45) is 0.395. The highest BCUT2D eigenvalue weighted by Gasteiger charge is 2.43. The molecule has 88 valence electrons. The lowest BCUT2D eigenvalue weighted by atomic mass is 9.87. The molecule has 1 aromatic rings. The van der Waals surface area contributed by atoms with Crippen molar-refractivity contribution >= 4 is 0 Å². The van der Waals surface area contributed by atoms with Crippen LogP contribution in [0.1, 0.15) is 18.9 Å². The minimum absolute atomic E-state index is 0.210. The molecule has 1 aromatic carbocycles. The van der Waals surface area contributed by atoms with Gasteiger partial charge in [0.1, 0.15) is 17.2 Å². The van der Waals surface area contributed by atoms with Gasteiger partial charge in [0.2, 0.25) is 0 Å². The lowest BCUT2D eigenvalue weighted by Crippen LogP contribution is -2.35. The van der Waals surface area contributed by atoms with Crippen LogP contribution in [0, 0.1) is 11.6 Å². The van der Waals surface area contributed by atoms with E-state index in [2.05, 4.69) is 0 Å². The lowest BCUT2D eigenvalue weighted by molar-refractivity contribution is -0.0650. The molecule has 0 spiro atoms. The number of hydrogen-bond acceptors (Lipinski definition) is 2. The maximum absolute atomic E-state index is 13.2. The number of halogens is 2.